The lowest BCUT2D eigenvalue weighted by atomic mass is 9.84. The maximum atomic E-state index is 12.4. The third-order valence-corrected chi connectivity index (χ3v) is 4.83. The highest BCUT2D eigenvalue weighted by Crippen LogP contribution is 2.40. The third kappa shape index (κ3) is 4.18. The van der Waals surface area contributed by atoms with Gasteiger partial charge in [0.2, 0.25) is 5.91 Å². The summed E-state index contributed by atoms with van der Waals surface area (Å²) < 4.78 is 5.75. The minimum Gasteiger partial charge on any atom is -0.494 e. The molecule has 1 saturated heterocycles. The first-order valence-corrected chi connectivity index (χ1v) is 9.12. The molecule has 0 radical (unpaired) electrons. The lowest BCUT2D eigenvalue weighted by Crippen LogP contribution is -2.49. The second-order valence-corrected chi connectivity index (χ2v) is 7.63. The fraction of sp³-hybridized carbons (Fsp3) is 0.600. The van der Waals surface area contributed by atoms with E-state index in [1.54, 1.807) is 12.0 Å². The molecule has 0 aromatic heterocycles. The Kier molecular flexibility index (Phi) is 6.29. The second kappa shape index (κ2) is 8.08. The van der Waals surface area contributed by atoms with Gasteiger partial charge in [-0.15, -0.1) is 0 Å². The van der Waals surface area contributed by atoms with Crippen LogP contribution in [0.2, 0.25) is 0 Å². The molecule has 1 N–H and O–H groups in total. The first-order valence-electron chi connectivity index (χ1n) is 9.12. The molecular weight excluding hydrogens is 332 g/mol. The van der Waals surface area contributed by atoms with Gasteiger partial charge in [-0.3, -0.25) is 9.59 Å². The molecule has 0 saturated carbocycles. The van der Waals surface area contributed by atoms with Crippen molar-refractivity contribution >= 4 is 17.4 Å². The maximum absolute atomic E-state index is 12.4. The van der Waals surface area contributed by atoms with Crippen molar-refractivity contribution in [1.82, 2.24) is 4.90 Å². The monoisotopic (exact) mass is 362 g/mol. The highest BCUT2D eigenvalue weighted by molar-refractivity contribution is 5.97. The molecule has 1 heterocycles. The molecule has 0 aliphatic carbocycles. The number of rotatable bonds is 5. The van der Waals surface area contributed by atoms with Crippen LogP contribution in [0, 0.1) is 0 Å². The van der Waals surface area contributed by atoms with Crippen molar-refractivity contribution in [2.24, 2.45) is 0 Å². The van der Waals surface area contributed by atoms with Gasteiger partial charge in [0.25, 0.3) is 0 Å². The Morgan fingerprint density at radius 2 is 1.77 bits per heavy atom. The van der Waals surface area contributed by atoms with E-state index in [0.29, 0.717) is 38.2 Å². The molecule has 1 aliphatic heterocycles. The van der Waals surface area contributed by atoms with Gasteiger partial charge in [0.1, 0.15) is 12.4 Å². The van der Waals surface area contributed by atoms with Crippen molar-refractivity contribution < 1.29 is 19.4 Å². The summed E-state index contributed by atoms with van der Waals surface area (Å²) in [5.41, 5.74) is 2.43. The molecule has 1 fully saturated rings. The number of ether oxygens (including phenoxy) is 1. The molecule has 1 aliphatic rings. The molecule has 2 rings (SSSR count). The van der Waals surface area contributed by atoms with Gasteiger partial charge in [0.05, 0.1) is 12.8 Å². The first-order chi connectivity index (χ1) is 12.2. The summed E-state index contributed by atoms with van der Waals surface area (Å²) in [7, 11) is 1.65. The summed E-state index contributed by atoms with van der Waals surface area (Å²) >= 11 is 0. The molecular formula is C20H30N2O4. The Labute approximate surface area is 155 Å². The largest absolute Gasteiger partial charge is 0.494 e. The topological polar surface area (TPSA) is 70.1 Å². The van der Waals surface area contributed by atoms with E-state index in [9.17, 15) is 9.59 Å². The number of nitrogens with zero attached hydrogens (tertiary/aromatic N) is 2. The van der Waals surface area contributed by atoms with Crippen LogP contribution < -0.4 is 9.64 Å². The molecule has 0 atom stereocenters. The Balaban J connectivity index is 2.43. The van der Waals surface area contributed by atoms with Gasteiger partial charge in [0, 0.05) is 43.7 Å². The molecule has 6 nitrogen and oxygen atoms in total. The van der Waals surface area contributed by atoms with Gasteiger partial charge in [0.15, 0.2) is 5.78 Å². The molecule has 0 spiro atoms. The summed E-state index contributed by atoms with van der Waals surface area (Å²) in [5.74, 6) is 0.641. The van der Waals surface area contributed by atoms with E-state index in [0.717, 1.165) is 17.0 Å². The SMILES string of the molecule is CCC(=O)c1cc(N2CCN(C(=O)CO)CC2)c(OC)c(C(C)(C)C)c1. The van der Waals surface area contributed by atoms with Gasteiger partial charge < -0.3 is 19.6 Å². The van der Waals surface area contributed by atoms with Crippen LogP contribution in [0.5, 0.6) is 5.75 Å². The maximum Gasteiger partial charge on any atom is 0.248 e. The highest BCUT2D eigenvalue weighted by atomic mass is 16.5. The number of ketones is 1. The lowest BCUT2D eigenvalue weighted by Gasteiger charge is -2.37. The van der Waals surface area contributed by atoms with Crippen LogP contribution in [0.15, 0.2) is 12.1 Å². The predicted molar refractivity (Wildman–Crippen MR) is 102 cm³/mol. The molecule has 6 heteroatoms. The van der Waals surface area contributed by atoms with E-state index < -0.39 is 6.61 Å². The zero-order valence-corrected chi connectivity index (χ0v) is 16.5. The van der Waals surface area contributed by atoms with Gasteiger partial charge in [-0.1, -0.05) is 27.7 Å². The van der Waals surface area contributed by atoms with Crippen molar-refractivity contribution in [3.63, 3.8) is 0 Å². The quantitative estimate of drug-likeness (QED) is 0.814. The van der Waals surface area contributed by atoms with Gasteiger partial charge >= 0.3 is 0 Å². The molecule has 1 aromatic carbocycles. The van der Waals surface area contributed by atoms with Crippen LogP contribution >= 0.6 is 0 Å². The van der Waals surface area contributed by atoms with Crippen molar-refractivity contribution in [3.05, 3.63) is 23.3 Å². The zero-order chi connectivity index (χ0) is 19.5. The van der Waals surface area contributed by atoms with Crippen LogP contribution in [-0.4, -0.2) is 61.6 Å². The first kappa shape index (κ1) is 20.2. The fourth-order valence-corrected chi connectivity index (χ4v) is 3.28. The number of carbonyl (C=O) groups is 2. The normalized spacial score (nSPS) is 15.2. The number of aliphatic hydroxyl groups excluding tert-OH is 1. The Morgan fingerprint density at radius 3 is 2.23 bits per heavy atom. The minimum atomic E-state index is -0.460. The van der Waals surface area contributed by atoms with Gasteiger partial charge in [-0.05, 0) is 17.5 Å². The molecule has 1 amide bonds. The number of anilines is 1. The number of Topliss-reactive ketones (excluding diaryl/α,β-unsaturated/α-hetero) is 1. The number of aliphatic hydroxyl groups is 1. The summed E-state index contributed by atoms with van der Waals surface area (Å²) in [6.07, 6.45) is 0.453. The molecule has 0 unspecified atom stereocenters. The van der Waals surface area contributed by atoms with E-state index in [1.165, 1.54) is 0 Å². The van der Waals surface area contributed by atoms with Crippen LogP contribution in [-0.2, 0) is 10.2 Å². The number of piperazine rings is 1. The number of hydrogen-bond acceptors (Lipinski definition) is 5. The number of amides is 1. The van der Waals surface area contributed by atoms with Crippen LogP contribution in [0.1, 0.15) is 50.0 Å². The van der Waals surface area contributed by atoms with Crippen molar-refractivity contribution in [2.75, 3.05) is 44.8 Å². The van der Waals surface area contributed by atoms with E-state index >= 15 is 0 Å². The van der Waals surface area contributed by atoms with E-state index in [1.807, 2.05) is 19.1 Å². The van der Waals surface area contributed by atoms with Gasteiger partial charge in [-0.25, -0.2) is 0 Å². The molecule has 0 bridgehead atoms. The lowest BCUT2D eigenvalue weighted by molar-refractivity contribution is -0.134. The van der Waals surface area contributed by atoms with Crippen molar-refractivity contribution in [3.8, 4) is 5.75 Å². The van der Waals surface area contributed by atoms with E-state index in [4.69, 9.17) is 9.84 Å². The summed E-state index contributed by atoms with van der Waals surface area (Å²) in [6.45, 7) is 10.1. The Hall–Kier alpha value is -2.08. The molecule has 1 aromatic rings. The number of carbonyl (C=O) groups excluding carboxylic acids is 2. The highest BCUT2D eigenvalue weighted by Gasteiger charge is 2.28. The Bertz CT molecular complexity index is 671. The smallest absolute Gasteiger partial charge is 0.248 e. The van der Waals surface area contributed by atoms with Crippen LogP contribution in [0.4, 0.5) is 5.69 Å². The van der Waals surface area contributed by atoms with Gasteiger partial charge in [-0.2, -0.15) is 0 Å². The van der Waals surface area contributed by atoms with Crippen molar-refractivity contribution in [1.29, 1.82) is 0 Å². The summed E-state index contributed by atoms with van der Waals surface area (Å²) in [4.78, 5) is 27.9. The fourth-order valence-electron chi connectivity index (χ4n) is 3.28. The number of benzene rings is 1. The summed E-state index contributed by atoms with van der Waals surface area (Å²) in [5, 5.41) is 9.04. The average molecular weight is 362 g/mol. The van der Waals surface area contributed by atoms with Crippen LogP contribution in [0.3, 0.4) is 0 Å². The number of hydrogen-bond donors (Lipinski definition) is 1. The average Bonchev–Trinajstić information content (AvgIpc) is 2.64. The predicted octanol–water partition coefficient (Wildman–Crippen LogP) is 2.23. The second-order valence-electron chi connectivity index (χ2n) is 7.63. The van der Waals surface area contributed by atoms with E-state index in [2.05, 4.69) is 25.7 Å². The standard InChI is InChI=1S/C20H30N2O4/c1-6-17(24)14-11-15(20(2,3)4)19(26-5)16(12-14)21-7-9-22(10-8-21)18(25)13-23/h11-12,23H,6-10,13H2,1-5H3. The Morgan fingerprint density at radius 1 is 1.15 bits per heavy atom. The van der Waals surface area contributed by atoms with Crippen molar-refractivity contribution in [2.45, 2.75) is 39.5 Å². The molecule has 26 heavy (non-hydrogen) atoms. The minimum absolute atomic E-state index is 0.105. The summed E-state index contributed by atoms with van der Waals surface area (Å²) in [6, 6.07) is 3.85. The van der Waals surface area contributed by atoms with Crippen LogP contribution in [0.25, 0.3) is 0 Å². The number of methoxy groups -OCH3 is 1. The van der Waals surface area contributed by atoms with E-state index in [-0.39, 0.29) is 17.1 Å². The zero-order valence-electron chi connectivity index (χ0n) is 16.5. The molecule has 144 valence electrons. The third-order valence-electron chi connectivity index (χ3n) is 4.83.